The van der Waals surface area contributed by atoms with Gasteiger partial charge in [-0.3, -0.25) is 4.79 Å². The highest BCUT2D eigenvalue weighted by molar-refractivity contribution is 7.10. The van der Waals surface area contributed by atoms with Crippen molar-refractivity contribution >= 4 is 28.8 Å². The molecular formula is C17H24ClNOS. The Morgan fingerprint density at radius 3 is 2.90 bits per heavy atom. The van der Waals surface area contributed by atoms with Crippen LogP contribution in [-0.2, 0) is 11.2 Å². The Labute approximate surface area is 136 Å². The zero-order valence-corrected chi connectivity index (χ0v) is 14.1. The lowest BCUT2D eigenvalue weighted by Gasteiger charge is -2.36. The zero-order valence-electron chi connectivity index (χ0n) is 12.5. The van der Waals surface area contributed by atoms with E-state index < -0.39 is 0 Å². The van der Waals surface area contributed by atoms with Gasteiger partial charge in [-0.15, -0.1) is 22.9 Å². The first-order valence-electron chi connectivity index (χ1n) is 8.14. The van der Waals surface area contributed by atoms with Crippen molar-refractivity contribution in [2.45, 2.75) is 57.3 Å². The van der Waals surface area contributed by atoms with E-state index in [0.717, 1.165) is 38.6 Å². The number of rotatable bonds is 4. The Morgan fingerprint density at radius 1 is 1.33 bits per heavy atom. The van der Waals surface area contributed by atoms with Gasteiger partial charge >= 0.3 is 0 Å². The summed E-state index contributed by atoms with van der Waals surface area (Å²) in [5.41, 5.74) is 1.41. The molecule has 3 rings (SSSR count). The van der Waals surface area contributed by atoms with Crippen LogP contribution in [0.4, 0.5) is 0 Å². The van der Waals surface area contributed by atoms with Crippen molar-refractivity contribution in [2.24, 2.45) is 5.41 Å². The normalized spacial score (nSPS) is 24.3. The van der Waals surface area contributed by atoms with Gasteiger partial charge in [0, 0.05) is 22.7 Å². The van der Waals surface area contributed by atoms with E-state index in [9.17, 15) is 4.79 Å². The van der Waals surface area contributed by atoms with Gasteiger partial charge in [0.15, 0.2) is 0 Å². The highest BCUT2D eigenvalue weighted by Crippen LogP contribution is 2.38. The maximum Gasteiger partial charge on any atom is 0.227 e. The van der Waals surface area contributed by atoms with E-state index in [4.69, 9.17) is 11.6 Å². The first kappa shape index (κ1) is 15.4. The molecule has 0 aliphatic heterocycles. The maximum absolute atomic E-state index is 12.6. The molecule has 4 heteroatoms. The minimum absolute atomic E-state index is 0.0657. The maximum atomic E-state index is 12.6. The molecule has 0 spiro atoms. The molecule has 1 fully saturated rings. The number of carbonyl (C=O) groups is 1. The number of thiophene rings is 1. The monoisotopic (exact) mass is 325 g/mol. The molecule has 21 heavy (non-hydrogen) atoms. The number of alkyl halides is 1. The van der Waals surface area contributed by atoms with Crippen LogP contribution < -0.4 is 5.32 Å². The topological polar surface area (TPSA) is 29.1 Å². The van der Waals surface area contributed by atoms with Crippen molar-refractivity contribution in [2.75, 3.05) is 12.4 Å². The van der Waals surface area contributed by atoms with Crippen molar-refractivity contribution in [3.05, 3.63) is 21.9 Å². The van der Waals surface area contributed by atoms with Gasteiger partial charge in [0.05, 0.1) is 5.92 Å². The lowest BCUT2D eigenvalue weighted by Crippen LogP contribution is -2.42. The lowest BCUT2D eigenvalue weighted by molar-refractivity contribution is -0.123. The Balaban J connectivity index is 1.62. The lowest BCUT2D eigenvalue weighted by atomic mass is 9.75. The molecule has 116 valence electrons. The standard InChI is InChI=1S/C17H24ClNOS/c18-11-17(8-2-1-3-9-17)12-19-16(20)14-5-4-6-15-13(14)7-10-21-15/h7,10,14H,1-6,8-9,11-12H2,(H,19,20). The molecule has 1 N–H and O–H groups in total. The highest BCUT2D eigenvalue weighted by Gasteiger charge is 2.33. The van der Waals surface area contributed by atoms with Crippen molar-refractivity contribution in [1.82, 2.24) is 5.32 Å². The van der Waals surface area contributed by atoms with E-state index in [-0.39, 0.29) is 17.2 Å². The van der Waals surface area contributed by atoms with Gasteiger partial charge in [-0.25, -0.2) is 0 Å². The predicted molar refractivity (Wildman–Crippen MR) is 89.2 cm³/mol. The zero-order chi connectivity index (χ0) is 14.7. The Hall–Kier alpha value is -0.540. The van der Waals surface area contributed by atoms with E-state index in [1.807, 2.05) is 0 Å². The number of hydrogen-bond acceptors (Lipinski definition) is 2. The first-order valence-corrected chi connectivity index (χ1v) is 9.55. The SMILES string of the molecule is O=C(NCC1(CCl)CCCCC1)C1CCCc2sccc21. The number of halogens is 1. The Kier molecular flexibility index (Phi) is 4.90. The molecule has 0 bridgehead atoms. The third-order valence-corrected chi connectivity index (χ3v) is 6.77. The third-order valence-electron chi connectivity index (χ3n) is 5.20. The van der Waals surface area contributed by atoms with Crippen molar-refractivity contribution in [3.8, 4) is 0 Å². The number of hydrogen-bond donors (Lipinski definition) is 1. The summed E-state index contributed by atoms with van der Waals surface area (Å²) in [5, 5.41) is 5.35. The van der Waals surface area contributed by atoms with Crippen LogP contribution in [0.15, 0.2) is 11.4 Å². The second-order valence-electron chi connectivity index (χ2n) is 6.66. The van der Waals surface area contributed by atoms with E-state index in [1.165, 1.54) is 29.7 Å². The van der Waals surface area contributed by atoms with E-state index in [1.54, 1.807) is 11.3 Å². The van der Waals surface area contributed by atoms with Crippen molar-refractivity contribution in [1.29, 1.82) is 0 Å². The van der Waals surface area contributed by atoms with Gasteiger partial charge < -0.3 is 5.32 Å². The summed E-state index contributed by atoms with van der Waals surface area (Å²) in [5.74, 6) is 0.946. The Morgan fingerprint density at radius 2 is 2.14 bits per heavy atom. The van der Waals surface area contributed by atoms with E-state index in [0.29, 0.717) is 5.88 Å². The second kappa shape index (κ2) is 6.70. The van der Waals surface area contributed by atoms with Crippen LogP contribution in [-0.4, -0.2) is 18.3 Å². The summed E-state index contributed by atoms with van der Waals surface area (Å²) in [6.45, 7) is 0.755. The molecule has 1 heterocycles. The van der Waals surface area contributed by atoms with Crippen LogP contribution in [0.1, 0.15) is 61.3 Å². The van der Waals surface area contributed by atoms with Gasteiger partial charge in [0.25, 0.3) is 0 Å². The van der Waals surface area contributed by atoms with Crippen LogP contribution in [0.2, 0.25) is 0 Å². The average molecular weight is 326 g/mol. The number of carbonyl (C=O) groups excluding carboxylic acids is 1. The molecule has 2 nitrogen and oxygen atoms in total. The fraction of sp³-hybridized carbons (Fsp3) is 0.706. The molecule has 1 saturated carbocycles. The van der Waals surface area contributed by atoms with Crippen molar-refractivity contribution in [3.63, 3.8) is 0 Å². The average Bonchev–Trinajstić information content (AvgIpc) is 3.02. The summed E-state index contributed by atoms with van der Waals surface area (Å²) in [4.78, 5) is 14.0. The Bertz CT molecular complexity index is 493. The van der Waals surface area contributed by atoms with E-state index >= 15 is 0 Å². The first-order chi connectivity index (χ1) is 10.2. The molecule has 1 aromatic heterocycles. The summed E-state index contributed by atoms with van der Waals surface area (Å²) in [6.07, 6.45) is 9.39. The molecule has 1 atom stereocenters. The van der Waals surface area contributed by atoms with Crippen LogP contribution >= 0.6 is 22.9 Å². The fourth-order valence-electron chi connectivity index (χ4n) is 3.82. The van der Waals surface area contributed by atoms with Gasteiger partial charge in [-0.05, 0) is 49.1 Å². The quantitative estimate of drug-likeness (QED) is 0.813. The number of fused-ring (bicyclic) bond motifs is 1. The molecule has 1 unspecified atom stereocenters. The number of amides is 1. The predicted octanol–water partition coefficient (Wildman–Crippen LogP) is 4.47. The molecule has 0 saturated heterocycles. The summed E-state index contributed by atoms with van der Waals surface area (Å²) in [7, 11) is 0. The summed E-state index contributed by atoms with van der Waals surface area (Å²) < 4.78 is 0. The molecular weight excluding hydrogens is 302 g/mol. The molecule has 1 aromatic rings. The summed E-state index contributed by atoms with van der Waals surface area (Å²) >= 11 is 8.02. The van der Waals surface area contributed by atoms with Gasteiger partial charge in [0.1, 0.15) is 0 Å². The summed E-state index contributed by atoms with van der Waals surface area (Å²) in [6, 6.07) is 2.14. The van der Waals surface area contributed by atoms with Gasteiger partial charge in [-0.1, -0.05) is 19.3 Å². The van der Waals surface area contributed by atoms with Gasteiger partial charge in [0.2, 0.25) is 5.91 Å². The molecule has 2 aliphatic rings. The van der Waals surface area contributed by atoms with Crippen LogP contribution in [0, 0.1) is 5.41 Å². The molecule has 1 amide bonds. The van der Waals surface area contributed by atoms with Gasteiger partial charge in [-0.2, -0.15) is 0 Å². The largest absolute Gasteiger partial charge is 0.355 e. The molecule has 0 radical (unpaired) electrons. The molecule has 0 aromatic carbocycles. The smallest absolute Gasteiger partial charge is 0.227 e. The minimum atomic E-state index is 0.0657. The second-order valence-corrected chi connectivity index (χ2v) is 7.92. The van der Waals surface area contributed by atoms with Crippen LogP contribution in [0.3, 0.4) is 0 Å². The van der Waals surface area contributed by atoms with Crippen molar-refractivity contribution < 1.29 is 4.79 Å². The van der Waals surface area contributed by atoms with E-state index in [2.05, 4.69) is 16.8 Å². The highest BCUT2D eigenvalue weighted by atomic mass is 35.5. The fourth-order valence-corrected chi connectivity index (χ4v) is 5.17. The number of nitrogens with one attached hydrogen (secondary N) is 1. The van der Waals surface area contributed by atoms with Crippen LogP contribution in [0.25, 0.3) is 0 Å². The molecule has 2 aliphatic carbocycles. The number of aryl methyl sites for hydroxylation is 1. The van der Waals surface area contributed by atoms with Crippen LogP contribution in [0.5, 0.6) is 0 Å². The minimum Gasteiger partial charge on any atom is -0.355 e. The third kappa shape index (κ3) is 3.29.